The van der Waals surface area contributed by atoms with Gasteiger partial charge in [-0.15, -0.1) is 0 Å². The first-order valence-corrected chi connectivity index (χ1v) is 7.45. The highest BCUT2D eigenvalue weighted by molar-refractivity contribution is 5.90. The molecule has 0 radical (unpaired) electrons. The first-order valence-electron chi connectivity index (χ1n) is 7.45. The summed E-state index contributed by atoms with van der Waals surface area (Å²) in [5.41, 5.74) is 1.69. The third kappa shape index (κ3) is 4.23. The van der Waals surface area contributed by atoms with Crippen LogP contribution in [0, 0.1) is 5.92 Å². The predicted octanol–water partition coefficient (Wildman–Crippen LogP) is 1.12. The second-order valence-corrected chi connectivity index (χ2v) is 5.53. The van der Waals surface area contributed by atoms with Crippen molar-refractivity contribution >= 4 is 23.6 Å². The minimum Gasteiger partial charge on any atom is -0.356 e. The number of carbonyl (C=O) groups is 2. The smallest absolute Gasteiger partial charge is 0.231 e. The van der Waals surface area contributed by atoms with E-state index >= 15 is 0 Å². The van der Waals surface area contributed by atoms with E-state index in [2.05, 4.69) is 20.6 Å². The molecule has 8 nitrogen and oxygen atoms in total. The van der Waals surface area contributed by atoms with Gasteiger partial charge in [-0.25, -0.2) is 4.98 Å². The molecule has 1 aliphatic carbocycles. The first-order chi connectivity index (χ1) is 10.9. The minimum absolute atomic E-state index is 0.153. The number of ether oxygens (including phenoxy) is 2. The Balaban J connectivity index is 2.36. The average Bonchev–Trinajstić information content (AvgIpc) is 2.47. The van der Waals surface area contributed by atoms with E-state index in [4.69, 9.17) is 9.47 Å². The Labute approximate surface area is 135 Å². The summed E-state index contributed by atoms with van der Waals surface area (Å²) in [6.07, 6.45) is 1.86. The maximum atomic E-state index is 11.5. The van der Waals surface area contributed by atoms with Gasteiger partial charge in [0.15, 0.2) is 6.29 Å². The number of hydrogen-bond donors (Lipinski definition) is 2. The molecule has 0 aromatic carbocycles. The van der Waals surface area contributed by atoms with Crippen molar-refractivity contribution in [2.45, 2.75) is 39.4 Å². The summed E-state index contributed by atoms with van der Waals surface area (Å²) in [5, 5.41) is 5.28. The molecule has 0 saturated carbocycles. The largest absolute Gasteiger partial charge is 0.356 e. The molecule has 0 spiro atoms. The van der Waals surface area contributed by atoms with Gasteiger partial charge in [0, 0.05) is 39.5 Å². The van der Waals surface area contributed by atoms with Crippen molar-refractivity contribution in [3.8, 4) is 0 Å². The van der Waals surface area contributed by atoms with Gasteiger partial charge in [0.1, 0.15) is 5.82 Å². The van der Waals surface area contributed by atoms with Crippen LogP contribution in [0.15, 0.2) is 0 Å². The van der Waals surface area contributed by atoms with Gasteiger partial charge in [0.25, 0.3) is 0 Å². The number of amides is 2. The molecule has 1 heterocycles. The lowest BCUT2D eigenvalue weighted by Gasteiger charge is -2.30. The molecule has 0 bridgehead atoms. The van der Waals surface area contributed by atoms with Crippen LogP contribution in [0.5, 0.6) is 0 Å². The molecule has 1 aromatic heterocycles. The maximum Gasteiger partial charge on any atom is 0.231 e. The van der Waals surface area contributed by atoms with E-state index in [1.54, 1.807) is 14.2 Å². The summed E-state index contributed by atoms with van der Waals surface area (Å²) in [4.78, 5) is 31.3. The number of nitrogens with zero attached hydrogens (tertiary/aromatic N) is 2. The van der Waals surface area contributed by atoms with Crippen LogP contribution >= 0.6 is 0 Å². The molecule has 1 unspecified atom stereocenters. The van der Waals surface area contributed by atoms with Crippen LogP contribution in [0.3, 0.4) is 0 Å². The Kier molecular flexibility index (Phi) is 5.62. The number of aryl methyl sites for hydroxylation is 1. The molecule has 0 aliphatic heterocycles. The van der Waals surface area contributed by atoms with Crippen molar-refractivity contribution < 1.29 is 19.1 Å². The zero-order valence-electron chi connectivity index (χ0n) is 13.8. The number of hydrogen-bond acceptors (Lipinski definition) is 6. The average molecular weight is 322 g/mol. The first kappa shape index (κ1) is 17.3. The summed E-state index contributed by atoms with van der Waals surface area (Å²) in [5.74, 6) is 0.304. The second kappa shape index (κ2) is 7.47. The normalized spacial score (nSPS) is 16.8. The number of carbonyl (C=O) groups excluding carboxylic acids is 2. The van der Waals surface area contributed by atoms with E-state index in [1.165, 1.54) is 13.8 Å². The lowest BCUT2D eigenvalue weighted by Crippen LogP contribution is -2.31. The summed E-state index contributed by atoms with van der Waals surface area (Å²) < 4.78 is 10.7. The van der Waals surface area contributed by atoms with Crippen molar-refractivity contribution in [3.05, 3.63) is 11.3 Å². The number of rotatable bonds is 5. The minimum atomic E-state index is -0.316. The Morgan fingerprint density at radius 2 is 1.78 bits per heavy atom. The van der Waals surface area contributed by atoms with Crippen molar-refractivity contribution in [1.29, 1.82) is 0 Å². The van der Waals surface area contributed by atoms with Crippen LogP contribution in [-0.4, -0.2) is 42.3 Å². The zero-order chi connectivity index (χ0) is 17.0. The summed E-state index contributed by atoms with van der Waals surface area (Å²) in [6.45, 7) is 2.80. The standard InChI is InChI=1S/C15H22N4O4/c1-8(20)16-13-11-7-10(14(22-3)23-4)5-6-12(11)18-15(19-13)17-9(2)21/h10,14H,5-7H2,1-4H3,(H2,16,17,18,19,20,21). The quantitative estimate of drug-likeness (QED) is 0.788. The Bertz CT molecular complexity index is 601. The summed E-state index contributed by atoms with van der Waals surface area (Å²) in [6, 6.07) is 0. The molecule has 0 saturated heterocycles. The molecule has 126 valence electrons. The molecule has 23 heavy (non-hydrogen) atoms. The number of nitrogens with one attached hydrogen (secondary N) is 2. The molecule has 0 fully saturated rings. The lowest BCUT2D eigenvalue weighted by atomic mass is 9.86. The van der Waals surface area contributed by atoms with Crippen LogP contribution < -0.4 is 10.6 Å². The fraction of sp³-hybridized carbons (Fsp3) is 0.600. The fourth-order valence-corrected chi connectivity index (χ4v) is 2.83. The predicted molar refractivity (Wildman–Crippen MR) is 84.0 cm³/mol. The van der Waals surface area contributed by atoms with Crippen LogP contribution in [0.2, 0.25) is 0 Å². The number of aromatic nitrogens is 2. The molecule has 2 rings (SSSR count). The highest BCUT2D eigenvalue weighted by Crippen LogP contribution is 2.32. The molecule has 1 aromatic rings. The zero-order valence-corrected chi connectivity index (χ0v) is 13.8. The SMILES string of the molecule is COC(OC)C1CCc2nc(NC(C)=O)nc(NC(C)=O)c2C1. The highest BCUT2D eigenvalue weighted by atomic mass is 16.7. The van der Waals surface area contributed by atoms with Gasteiger partial charge >= 0.3 is 0 Å². The van der Waals surface area contributed by atoms with E-state index in [-0.39, 0.29) is 30.0 Å². The third-order valence-electron chi connectivity index (χ3n) is 3.74. The van der Waals surface area contributed by atoms with E-state index in [9.17, 15) is 9.59 Å². The van der Waals surface area contributed by atoms with Gasteiger partial charge in [0.2, 0.25) is 17.8 Å². The Morgan fingerprint density at radius 3 is 2.35 bits per heavy atom. The molecule has 1 aliphatic rings. The topological polar surface area (TPSA) is 102 Å². The van der Waals surface area contributed by atoms with Gasteiger partial charge in [0.05, 0.1) is 5.69 Å². The van der Waals surface area contributed by atoms with Crippen LogP contribution in [0.1, 0.15) is 31.5 Å². The molecular formula is C15H22N4O4. The van der Waals surface area contributed by atoms with E-state index in [0.717, 1.165) is 17.7 Å². The number of fused-ring (bicyclic) bond motifs is 1. The number of methoxy groups -OCH3 is 2. The van der Waals surface area contributed by atoms with E-state index in [1.807, 2.05) is 0 Å². The molecular weight excluding hydrogens is 300 g/mol. The van der Waals surface area contributed by atoms with Crippen molar-refractivity contribution in [3.63, 3.8) is 0 Å². The highest BCUT2D eigenvalue weighted by Gasteiger charge is 2.30. The number of anilines is 2. The van der Waals surface area contributed by atoms with Crippen molar-refractivity contribution in [1.82, 2.24) is 9.97 Å². The second-order valence-electron chi connectivity index (χ2n) is 5.53. The monoisotopic (exact) mass is 322 g/mol. The summed E-state index contributed by atoms with van der Waals surface area (Å²) >= 11 is 0. The molecule has 1 atom stereocenters. The van der Waals surface area contributed by atoms with Crippen molar-refractivity contribution in [2.24, 2.45) is 5.92 Å². The molecule has 2 N–H and O–H groups in total. The molecule has 8 heteroatoms. The van der Waals surface area contributed by atoms with Crippen LogP contribution in [0.4, 0.5) is 11.8 Å². The van der Waals surface area contributed by atoms with E-state index < -0.39 is 0 Å². The van der Waals surface area contributed by atoms with Gasteiger partial charge in [-0.2, -0.15) is 4.98 Å². The van der Waals surface area contributed by atoms with Gasteiger partial charge in [-0.05, 0) is 19.3 Å². The van der Waals surface area contributed by atoms with Gasteiger partial charge in [-0.3, -0.25) is 14.9 Å². The van der Waals surface area contributed by atoms with Crippen molar-refractivity contribution in [2.75, 3.05) is 24.9 Å². The fourth-order valence-electron chi connectivity index (χ4n) is 2.83. The third-order valence-corrected chi connectivity index (χ3v) is 3.74. The van der Waals surface area contributed by atoms with Gasteiger partial charge < -0.3 is 14.8 Å². The molecule has 2 amide bonds. The van der Waals surface area contributed by atoms with Gasteiger partial charge in [-0.1, -0.05) is 0 Å². The maximum absolute atomic E-state index is 11.5. The Hall–Kier alpha value is -2.06. The lowest BCUT2D eigenvalue weighted by molar-refractivity contribution is -0.139. The Morgan fingerprint density at radius 1 is 1.13 bits per heavy atom. The van der Waals surface area contributed by atoms with Crippen LogP contribution in [0.25, 0.3) is 0 Å². The summed E-state index contributed by atoms with van der Waals surface area (Å²) in [7, 11) is 3.21. The van der Waals surface area contributed by atoms with Crippen LogP contribution in [-0.2, 0) is 31.9 Å². The van der Waals surface area contributed by atoms with E-state index in [0.29, 0.717) is 18.7 Å².